The van der Waals surface area contributed by atoms with Gasteiger partial charge >= 0.3 is 0 Å². The summed E-state index contributed by atoms with van der Waals surface area (Å²) in [6.45, 7) is 0. The Labute approximate surface area is 112 Å². The van der Waals surface area contributed by atoms with Gasteiger partial charge < -0.3 is 10.3 Å². The van der Waals surface area contributed by atoms with Crippen LogP contribution in [0.5, 0.6) is 0 Å². The first-order valence-corrected chi connectivity index (χ1v) is 8.17. The van der Waals surface area contributed by atoms with Gasteiger partial charge in [0, 0.05) is 13.3 Å². The Hall–Kier alpha value is -1.40. The van der Waals surface area contributed by atoms with E-state index in [2.05, 4.69) is 4.98 Å². The van der Waals surface area contributed by atoms with Crippen LogP contribution in [-0.2, 0) is 22.4 Å². The van der Waals surface area contributed by atoms with Gasteiger partial charge in [-0.2, -0.15) is 0 Å². The highest BCUT2D eigenvalue weighted by Crippen LogP contribution is 2.39. The van der Waals surface area contributed by atoms with Gasteiger partial charge in [0.2, 0.25) is 0 Å². The lowest BCUT2D eigenvalue weighted by Gasteiger charge is -2.37. The third-order valence-electron chi connectivity index (χ3n) is 3.97. The molecule has 3 rings (SSSR count). The van der Waals surface area contributed by atoms with Gasteiger partial charge in [0.15, 0.2) is 9.84 Å². The molecule has 1 aromatic heterocycles. The molecule has 0 unspecified atom stereocenters. The van der Waals surface area contributed by atoms with E-state index in [1.807, 2.05) is 17.7 Å². The Kier molecular flexibility index (Phi) is 2.53. The third kappa shape index (κ3) is 1.78. The van der Waals surface area contributed by atoms with Crippen LogP contribution in [0.4, 0.5) is 0 Å². The monoisotopic (exact) mass is 279 g/mol. The van der Waals surface area contributed by atoms with Crippen LogP contribution in [0.15, 0.2) is 23.1 Å². The van der Waals surface area contributed by atoms with Gasteiger partial charge in [-0.1, -0.05) is 6.07 Å². The summed E-state index contributed by atoms with van der Waals surface area (Å²) in [4.78, 5) is 4.80. The van der Waals surface area contributed by atoms with E-state index in [1.165, 1.54) is 6.26 Å². The molecule has 2 aromatic rings. The molecule has 1 saturated carbocycles. The number of aromatic nitrogens is 2. The van der Waals surface area contributed by atoms with Gasteiger partial charge in [-0.25, -0.2) is 13.4 Å². The van der Waals surface area contributed by atoms with Gasteiger partial charge in [0.1, 0.15) is 11.3 Å². The minimum Gasteiger partial charge on any atom is -0.330 e. The second-order valence-corrected chi connectivity index (χ2v) is 7.38. The van der Waals surface area contributed by atoms with Crippen LogP contribution in [0.1, 0.15) is 25.1 Å². The lowest BCUT2D eigenvalue weighted by molar-refractivity contribution is 0.234. The van der Waals surface area contributed by atoms with E-state index in [1.54, 1.807) is 12.1 Å². The standard InChI is InChI=1S/C13H17N3O2S/c1-16-9-5-3-6-10(19(2,17)18)11(9)15-12(16)13(14)7-4-8-13/h3,5-6H,4,7-8,14H2,1-2H3. The van der Waals surface area contributed by atoms with Crippen LogP contribution < -0.4 is 5.73 Å². The smallest absolute Gasteiger partial charge is 0.177 e. The van der Waals surface area contributed by atoms with Gasteiger partial charge in [-0.05, 0) is 31.4 Å². The summed E-state index contributed by atoms with van der Waals surface area (Å²) in [6, 6.07) is 5.22. The molecule has 0 spiro atoms. The Bertz CT molecular complexity index is 758. The van der Waals surface area contributed by atoms with Crippen molar-refractivity contribution in [2.24, 2.45) is 12.8 Å². The summed E-state index contributed by atoms with van der Waals surface area (Å²) in [5.74, 6) is 0.782. The number of aryl methyl sites for hydroxylation is 1. The number of nitrogens with zero attached hydrogens (tertiary/aromatic N) is 2. The second-order valence-electron chi connectivity index (χ2n) is 5.40. The maximum absolute atomic E-state index is 11.8. The molecule has 1 aliphatic carbocycles. The van der Waals surface area contributed by atoms with Crippen LogP contribution in [0, 0.1) is 0 Å². The molecule has 0 atom stereocenters. The average Bonchev–Trinajstić information content (AvgIpc) is 2.63. The molecular weight excluding hydrogens is 262 g/mol. The topological polar surface area (TPSA) is 78.0 Å². The van der Waals surface area contributed by atoms with E-state index in [0.29, 0.717) is 5.52 Å². The van der Waals surface area contributed by atoms with E-state index in [-0.39, 0.29) is 4.90 Å². The van der Waals surface area contributed by atoms with E-state index >= 15 is 0 Å². The highest BCUT2D eigenvalue weighted by molar-refractivity contribution is 7.91. The summed E-state index contributed by atoms with van der Waals surface area (Å²) in [5.41, 5.74) is 7.26. The molecule has 2 N–H and O–H groups in total. The minimum absolute atomic E-state index is 0.273. The maximum atomic E-state index is 11.8. The Morgan fingerprint density at radius 3 is 2.58 bits per heavy atom. The molecule has 0 bridgehead atoms. The first-order valence-electron chi connectivity index (χ1n) is 6.28. The summed E-state index contributed by atoms with van der Waals surface area (Å²) < 4.78 is 25.6. The van der Waals surface area contributed by atoms with Gasteiger partial charge in [-0.15, -0.1) is 0 Å². The first kappa shape index (κ1) is 12.6. The van der Waals surface area contributed by atoms with Crippen molar-refractivity contribution in [3.05, 3.63) is 24.0 Å². The van der Waals surface area contributed by atoms with Gasteiger partial charge in [0.25, 0.3) is 0 Å². The quantitative estimate of drug-likeness (QED) is 0.899. The molecule has 6 heteroatoms. The summed E-state index contributed by atoms with van der Waals surface area (Å²) in [5, 5.41) is 0. The Morgan fingerprint density at radius 1 is 1.37 bits per heavy atom. The van der Waals surface area contributed by atoms with Crippen molar-refractivity contribution in [3.8, 4) is 0 Å². The predicted molar refractivity (Wildman–Crippen MR) is 73.5 cm³/mol. The molecule has 1 fully saturated rings. The zero-order valence-corrected chi connectivity index (χ0v) is 11.9. The van der Waals surface area contributed by atoms with E-state index in [0.717, 1.165) is 30.6 Å². The maximum Gasteiger partial charge on any atom is 0.177 e. The van der Waals surface area contributed by atoms with E-state index in [9.17, 15) is 8.42 Å². The second kappa shape index (κ2) is 3.80. The van der Waals surface area contributed by atoms with Crippen molar-refractivity contribution < 1.29 is 8.42 Å². The molecule has 1 heterocycles. The summed E-state index contributed by atoms with van der Waals surface area (Å²) in [6.07, 6.45) is 4.10. The number of hydrogen-bond acceptors (Lipinski definition) is 4. The average molecular weight is 279 g/mol. The number of nitrogens with two attached hydrogens (primary N) is 1. The molecule has 0 aliphatic heterocycles. The normalized spacial score (nSPS) is 18.5. The third-order valence-corrected chi connectivity index (χ3v) is 5.09. The fourth-order valence-electron chi connectivity index (χ4n) is 2.71. The van der Waals surface area contributed by atoms with Crippen molar-refractivity contribution >= 4 is 20.9 Å². The fraction of sp³-hybridized carbons (Fsp3) is 0.462. The van der Waals surface area contributed by atoms with E-state index < -0.39 is 15.4 Å². The zero-order chi connectivity index (χ0) is 13.8. The Morgan fingerprint density at radius 2 is 2.05 bits per heavy atom. The lowest BCUT2D eigenvalue weighted by atomic mass is 9.77. The number of benzene rings is 1. The molecule has 0 amide bonds. The molecule has 0 radical (unpaired) electrons. The lowest BCUT2D eigenvalue weighted by Crippen LogP contribution is -2.45. The van der Waals surface area contributed by atoms with Crippen LogP contribution in [0.3, 0.4) is 0 Å². The number of para-hydroxylation sites is 1. The first-order chi connectivity index (χ1) is 8.83. The van der Waals surface area contributed by atoms with Crippen molar-refractivity contribution in [1.82, 2.24) is 9.55 Å². The Balaban J connectivity index is 2.32. The number of fused-ring (bicyclic) bond motifs is 1. The summed E-state index contributed by atoms with van der Waals surface area (Å²) in [7, 11) is -1.39. The minimum atomic E-state index is -3.28. The molecule has 19 heavy (non-hydrogen) atoms. The largest absolute Gasteiger partial charge is 0.330 e. The van der Waals surface area contributed by atoms with Crippen molar-refractivity contribution in [2.45, 2.75) is 29.7 Å². The van der Waals surface area contributed by atoms with Crippen molar-refractivity contribution in [3.63, 3.8) is 0 Å². The van der Waals surface area contributed by atoms with Crippen molar-refractivity contribution in [2.75, 3.05) is 6.26 Å². The molecule has 1 aliphatic rings. The van der Waals surface area contributed by atoms with Crippen LogP contribution in [0.2, 0.25) is 0 Å². The van der Waals surface area contributed by atoms with Crippen molar-refractivity contribution in [1.29, 1.82) is 0 Å². The number of imidazole rings is 1. The van der Waals surface area contributed by atoms with Crippen LogP contribution in [-0.4, -0.2) is 24.2 Å². The fourth-order valence-corrected chi connectivity index (χ4v) is 3.54. The molecule has 0 saturated heterocycles. The number of hydrogen-bond donors (Lipinski definition) is 1. The zero-order valence-electron chi connectivity index (χ0n) is 11.0. The number of sulfone groups is 1. The predicted octanol–water partition coefficient (Wildman–Crippen LogP) is 1.31. The highest BCUT2D eigenvalue weighted by Gasteiger charge is 2.38. The van der Waals surface area contributed by atoms with Gasteiger partial charge in [-0.3, -0.25) is 0 Å². The number of rotatable bonds is 2. The SMILES string of the molecule is Cn1c(C2(N)CCC2)nc2c(S(C)(=O)=O)cccc21. The van der Waals surface area contributed by atoms with Gasteiger partial charge in [0.05, 0.1) is 16.0 Å². The summed E-state index contributed by atoms with van der Waals surface area (Å²) >= 11 is 0. The highest BCUT2D eigenvalue weighted by atomic mass is 32.2. The molecule has 102 valence electrons. The molecule has 1 aromatic carbocycles. The molecular formula is C13H17N3O2S. The van der Waals surface area contributed by atoms with Crippen LogP contribution in [0.25, 0.3) is 11.0 Å². The van der Waals surface area contributed by atoms with Crippen LogP contribution >= 0.6 is 0 Å². The van der Waals surface area contributed by atoms with E-state index in [4.69, 9.17) is 5.73 Å². The molecule has 5 nitrogen and oxygen atoms in total.